The van der Waals surface area contributed by atoms with Gasteiger partial charge in [-0.05, 0) is 50.5 Å². The van der Waals surface area contributed by atoms with Crippen LogP contribution < -0.4 is 16.2 Å². The van der Waals surface area contributed by atoms with Gasteiger partial charge in [-0.1, -0.05) is 0 Å². The third-order valence-corrected chi connectivity index (χ3v) is 3.96. The molecule has 0 heterocycles. The molecule has 0 spiro atoms. The average molecular weight is 299 g/mol. The summed E-state index contributed by atoms with van der Waals surface area (Å²) in [5.74, 6) is -0.198. The Morgan fingerprint density at radius 3 is 2.45 bits per heavy atom. The molecule has 0 aliphatic rings. The van der Waals surface area contributed by atoms with E-state index < -0.39 is 10.0 Å². The number of nitrogens with one attached hydrogen (secondary N) is 1. The largest absolute Gasteiger partial charge is 0.328 e. The van der Waals surface area contributed by atoms with E-state index in [0.29, 0.717) is 12.1 Å². The number of benzene rings is 1. The molecule has 0 fully saturated rings. The van der Waals surface area contributed by atoms with E-state index in [0.717, 1.165) is 11.1 Å². The van der Waals surface area contributed by atoms with Crippen LogP contribution >= 0.6 is 0 Å². The van der Waals surface area contributed by atoms with E-state index in [2.05, 4.69) is 5.32 Å². The standard InChI is InChI=1S/C13H21N3O3S/c1-8-6-11(20(15,18)19)7-12(10(8)3)16-13(17)5-4-9(2)14/h6-7,9H,4-5,14H2,1-3H3,(H,16,17)(H2,15,18,19). The van der Waals surface area contributed by atoms with Gasteiger partial charge >= 0.3 is 0 Å². The Morgan fingerprint density at radius 2 is 1.95 bits per heavy atom. The third kappa shape index (κ3) is 4.59. The van der Waals surface area contributed by atoms with Crippen LogP contribution in [0.2, 0.25) is 0 Å². The minimum Gasteiger partial charge on any atom is -0.328 e. The van der Waals surface area contributed by atoms with Gasteiger partial charge in [0, 0.05) is 18.2 Å². The van der Waals surface area contributed by atoms with Gasteiger partial charge in [-0.25, -0.2) is 13.6 Å². The summed E-state index contributed by atoms with van der Waals surface area (Å²) in [7, 11) is -3.80. The minimum absolute atomic E-state index is 0.0110. The summed E-state index contributed by atoms with van der Waals surface area (Å²) >= 11 is 0. The van der Waals surface area contributed by atoms with Gasteiger partial charge in [-0.15, -0.1) is 0 Å². The smallest absolute Gasteiger partial charge is 0.238 e. The highest BCUT2D eigenvalue weighted by Gasteiger charge is 2.14. The predicted molar refractivity (Wildman–Crippen MR) is 78.8 cm³/mol. The molecular weight excluding hydrogens is 278 g/mol. The Kier molecular flexibility index (Phi) is 5.27. The fraction of sp³-hybridized carbons (Fsp3) is 0.462. The summed E-state index contributed by atoms with van der Waals surface area (Å²) < 4.78 is 22.8. The van der Waals surface area contributed by atoms with Crippen LogP contribution in [-0.2, 0) is 14.8 Å². The van der Waals surface area contributed by atoms with Gasteiger partial charge in [0.15, 0.2) is 0 Å². The highest BCUT2D eigenvalue weighted by molar-refractivity contribution is 7.89. The second-order valence-electron chi connectivity index (χ2n) is 5.02. The number of primary sulfonamides is 1. The van der Waals surface area contributed by atoms with Crippen molar-refractivity contribution >= 4 is 21.6 Å². The maximum Gasteiger partial charge on any atom is 0.238 e. The molecule has 5 N–H and O–H groups in total. The number of sulfonamides is 1. The Morgan fingerprint density at radius 1 is 1.35 bits per heavy atom. The topological polar surface area (TPSA) is 115 Å². The van der Waals surface area contributed by atoms with Crippen LogP contribution in [0.25, 0.3) is 0 Å². The fourth-order valence-corrected chi connectivity index (χ4v) is 2.31. The van der Waals surface area contributed by atoms with Crippen molar-refractivity contribution in [2.24, 2.45) is 10.9 Å². The lowest BCUT2D eigenvalue weighted by atomic mass is 10.1. The number of anilines is 1. The van der Waals surface area contributed by atoms with Crippen LogP contribution in [0.1, 0.15) is 30.9 Å². The zero-order valence-corrected chi connectivity index (χ0v) is 12.8. The lowest BCUT2D eigenvalue weighted by Gasteiger charge is -2.13. The first-order valence-corrected chi connectivity index (χ1v) is 7.85. The zero-order valence-electron chi connectivity index (χ0n) is 11.9. The SMILES string of the molecule is Cc1cc(S(N)(=O)=O)cc(NC(=O)CCC(C)N)c1C. The zero-order chi connectivity index (χ0) is 15.5. The van der Waals surface area contributed by atoms with E-state index in [-0.39, 0.29) is 23.3 Å². The van der Waals surface area contributed by atoms with E-state index in [1.807, 2.05) is 13.8 Å². The average Bonchev–Trinajstić information content (AvgIpc) is 2.30. The molecular formula is C13H21N3O3S. The molecule has 0 radical (unpaired) electrons. The monoisotopic (exact) mass is 299 g/mol. The molecule has 1 rings (SSSR count). The first-order valence-electron chi connectivity index (χ1n) is 6.30. The van der Waals surface area contributed by atoms with Gasteiger partial charge in [0.05, 0.1) is 4.90 Å². The molecule has 1 aromatic carbocycles. The second kappa shape index (κ2) is 6.34. The molecule has 1 amide bonds. The summed E-state index contributed by atoms with van der Waals surface area (Å²) in [5.41, 5.74) is 7.62. The Balaban J connectivity index is 3.00. The summed E-state index contributed by atoms with van der Waals surface area (Å²) in [4.78, 5) is 11.8. The van der Waals surface area contributed by atoms with E-state index in [1.54, 1.807) is 6.92 Å². The van der Waals surface area contributed by atoms with Crippen molar-refractivity contribution in [1.82, 2.24) is 0 Å². The van der Waals surface area contributed by atoms with E-state index in [1.165, 1.54) is 12.1 Å². The molecule has 0 aromatic heterocycles. The molecule has 0 saturated carbocycles. The number of nitrogens with two attached hydrogens (primary N) is 2. The molecule has 1 unspecified atom stereocenters. The number of carbonyl (C=O) groups is 1. The number of hydrogen-bond donors (Lipinski definition) is 3. The minimum atomic E-state index is -3.80. The number of rotatable bonds is 5. The lowest BCUT2D eigenvalue weighted by molar-refractivity contribution is -0.116. The quantitative estimate of drug-likeness (QED) is 0.752. The van der Waals surface area contributed by atoms with Crippen molar-refractivity contribution in [1.29, 1.82) is 0 Å². The second-order valence-corrected chi connectivity index (χ2v) is 6.58. The van der Waals surface area contributed by atoms with Crippen LogP contribution in [0, 0.1) is 13.8 Å². The highest BCUT2D eigenvalue weighted by atomic mass is 32.2. The van der Waals surface area contributed by atoms with Crippen molar-refractivity contribution in [3.8, 4) is 0 Å². The highest BCUT2D eigenvalue weighted by Crippen LogP contribution is 2.23. The molecule has 6 nitrogen and oxygen atoms in total. The first-order chi connectivity index (χ1) is 9.11. The number of amides is 1. The van der Waals surface area contributed by atoms with Crippen molar-refractivity contribution < 1.29 is 13.2 Å². The Hall–Kier alpha value is -1.44. The van der Waals surface area contributed by atoms with E-state index in [9.17, 15) is 13.2 Å². The summed E-state index contributed by atoms with van der Waals surface area (Å²) in [5, 5.41) is 7.82. The summed E-state index contributed by atoms with van der Waals surface area (Å²) in [6.07, 6.45) is 0.856. The Bertz CT molecular complexity index is 610. The lowest BCUT2D eigenvalue weighted by Crippen LogP contribution is -2.20. The first kappa shape index (κ1) is 16.6. The molecule has 112 valence electrons. The molecule has 7 heteroatoms. The summed E-state index contributed by atoms with van der Waals surface area (Å²) in [6, 6.07) is 2.81. The van der Waals surface area contributed by atoms with Crippen molar-refractivity contribution in [2.75, 3.05) is 5.32 Å². The van der Waals surface area contributed by atoms with E-state index in [4.69, 9.17) is 10.9 Å². The van der Waals surface area contributed by atoms with Crippen molar-refractivity contribution in [2.45, 2.75) is 44.6 Å². The van der Waals surface area contributed by atoms with Crippen LogP contribution in [0.5, 0.6) is 0 Å². The van der Waals surface area contributed by atoms with Crippen molar-refractivity contribution in [3.63, 3.8) is 0 Å². The molecule has 1 aromatic rings. The van der Waals surface area contributed by atoms with Gasteiger partial charge in [0.1, 0.15) is 0 Å². The van der Waals surface area contributed by atoms with Crippen LogP contribution in [0.3, 0.4) is 0 Å². The summed E-state index contributed by atoms with van der Waals surface area (Å²) in [6.45, 7) is 5.40. The number of hydrogen-bond acceptors (Lipinski definition) is 4. The molecule has 0 aliphatic carbocycles. The molecule has 0 aliphatic heterocycles. The molecule has 1 atom stereocenters. The maximum absolute atomic E-state index is 11.8. The maximum atomic E-state index is 11.8. The number of carbonyl (C=O) groups excluding carboxylic acids is 1. The van der Waals surface area contributed by atoms with Crippen molar-refractivity contribution in [3.05, 3.63) is 23.3 Å². The van der Waals surface area contributed by atoms with Crippen LogP contribution in [0.4, 0.5) is 5.69 Å². The molecule has 0 saturated heterocycles. The number of aryl methyl sites for hydroxylation is 1. The third-order valence-electron chi connectivity index (χ3n) is 3.07. The molecule has 20 heavy (non-hydrogen) atoms. The normalized spacial score (nSPS) is 13.1. The van der Waals surface area contributed by atoms with Gasteiger partial charge in [0.2, 0.25) is 15.9 Å². The molecule has 0 bridgehead atoms. The van der Waals surface area contributed by atoms with Crippen LogP contribution in [0.15, 0.2) is 17.0 Å². The van der Waals surface area contributed by atoms with Gasteiger partial charge < -0.3 is 11.1 Å². The van der Waals surface area contributed by atoms with Crippen LogP contribution in [-0.4, -0.2) is 20.4 Å². The van der Waals surface area contributed by atoms with Gasteiger partial charge in [-0.3, -0.25) is 4.79 Å². The fourth-order valence-electron chi connectivity index (χ4n) is 1.69. The Labute approximate surface area is 119 Å². The predicted octanol–water partition coefficient (Wildman–Crippen LogP) is 1.02. The van der Waals surface area contributed by atoms with E-state index >= 15 is 0 Å². The van der Waals surface area contributed by atoms with Gasteiger partial charge in [-0.2, -0.15) is 0 Å². The van der Waals surface area contributed by atoms with Gasteiger partial charge in [0.25, 0.3) is 0 Å².